The van der Waals surface area contributed by atoms with Crippen LogP contribution in [0, 0.1) is 0 Å². The third kappa shape index (κ3) is 3.77. The number of aromatic nitrogens is 4. The first-order chi connectivity index (χ1) is 14.3. The molecule has 4 aromatic rings. The Balaban J connectivity index is 1.26. The summed E-state index contributed by atoms with van der Waals surface area (Å²) in [5.74, 6) is 2.36. The summed E-state index contributed by atoms with van der Waals surface area (Å²) in [7, 11) is 0. The number of carbonyl (C=O) groups is 1. The van der Waals surface area contributed by atoms with Gasteiger partial charge in [0, 0.05) is 13.1 Å². The number of amides is 1. The number of H-pyrrole nitrogens is 1. The van der Waals surface area contributed by atoms with Crippen molar-refractivity contribution in [3.8, 4) is 0 Å². The molecule has 8 nitrogen and oxygen atoms in total. The molecule has 1 atom stereocenters. The van der Waals surface area contributed by atoms with Gasteiger partial charge in [-0.1, -0.05) is 23.9 Å². The number of thioether (sulfide) groups is 1. The van der Waals surface area contributed by atoms with Crippen LogP contribution in [-0.2, 0) is 5.75 Å². The first-order valence-electron chi connectivity index (χ1n) is 9.48. The molecule has 4 heterocycles. The summed E-state index contributed by atoms with van der Waals surface area (Å²) in [6.07, 6.45) is 3.32. The smallest absolute Gasteiger partial charge is 0.289 e. The third-order valence-corrected chi connectivity index (χ3v) is 5.88. The second-order valence-electron chi connectivity index (χ2n) is 6.96. The molecular formula is C20H19N5O3S. The highest BCUT2D eigenvalue weighted by atomic mass is 32.2. The minimum atomic E-state index is -0.0956. The van der Waals surface area contributed by atoms with Gasteiger partial charge in [-0.2, -0.15) is 5.10 Å². The Morgan fingerprint density at radius 2 is 2.17 bits per heavy atom. The van der Waals surface area contributed by atoms with E-state index < -0.39 is 0 Å². The van der Waals surface area contributed by atoms with Crippen LogP contribution in [0.4, 0.5) is 0 Å². The van der Waals surface area contributed by atoms with E-state index in [0.717, 1.165) is 29.7 Å². The number of fused-ring (bicyclic) bond motifs is 1. The SMILES string of the molecule is O=C(c1ccc(CSc2ncn[nH]2)o1)N1CCCC(c2nc3ccccc3o2)C1. The average Bonchev–Trinajstić information content (AvgIpc) is 3.52. The molecule has 148 valence electrons. The minimum absolute atomic E-state index is 0.0940. The molecule has 0 saturated carbocycles. The minimum Gasteiger partial charge on any atom is -0.455 e. The number of hydrogen-bond donors (Lipinski definition) is 1. The summed E-state index contributed by atoms with van der Waals surface area (Å²) < 4.78 is 11.7. The van der Waals surface area contributed by atoms with Crippen LogP contribution in [-0.4, -0.2) is 44.1 Å². The Morgan fingerprint density at radius 1 is 1.24 bits per heavy atom. The highest BCUT2D eigenvalue weighted by Gasteiger charge is 2.29. The molecule has 1 amide bonds. The molecule has 0 radical (unpaired) electrons. The van der Waals surface area contributed by atoms with Gasteiger partial charge in [0.2, 0.25) is 0 Å². The summed E-state index contributed by atoms with van der Waals surface area (Å²) in [5.41, 5.74) is 1.64. The van der Waals surface area contributed by atoms with Crippen LogP contribution in [0.25, 0.3) is 11.1 Å². The van der Waals surface area contributed by atoms with Gasteiger partial charge < -0.3 is 13.7 Å². The van der Waals surface area contributed by atoms with Gasteiger partial charge in [0.25, 0.3) is 5.91 Å². The largest absolute Gasteiger partial charge is 0.455 e. The summed E-state index contributed by atoms with van der Waals surface area (Å²) in [5, 5.41) is 7.32. The molecule has 0 bridgehead atoms. The first-order valence-corrected chi connectivity index (χ1v) is 10.5. The van der Waals surface area contributed by atoms with E-state index in [9.17, 15) is 4.79 Å². The fourth-order valence-corrected chi connectivity index (χ4v) is 4.23. The number of nitrogens with zero attached hydrogens (tertiary/aromatic N) is 4. The summed E-state index contributed by atoms with van der Waals surface area (Å²) in [6, 6.07) is 11.3. The Hall–Kier alpha value is -3.07. The molecule has 5 rings (SSSR count). The summed E-state index contributed by atoms with van der Waals surface area (Å²) in [4.78, 5) is 23.4. The van der Waals surface area contributed by atoms with Crippen LogP contribution in [0.5, 0.6) is 0 Å². The van der Waals surface area contributed by atoms with Gasteiger partial charge in [0.05, 0.1) is 11.7 Å². The number of aromatic amines is 1. The highest BCUT2D eigenvalue weighted by Crippen LogP contribution is 2.30. The van der Waals surface area contributed by atoms with Crippen molar-refractivity contribution in [2.45, 2.75) is 29.7 Å². The molecule has 1 N–H and O–H groups in total. The fourth-order valence-electron chi connectivity index (χ4n) is 3.56. The van der Waals surface area contributed by atoms with E-state index in [2.05, 4.69) is 20.2 Å². The standard InChI is InChI=1S/C20H19N5O3S/c26-19(17-8-7-14(27-17)11-29-20-21-12-22-24-20)25-9-3-4-13(10-25)18-23-15-5-1-2-6-16(15)28-18/h1-2,5-8,12-13H,3-4,9-11H2,(H,21,22,24). The van der Waals surface area contributed by atoms with Crippen molar-refractivity contribution in [3.63, 3.8) is 0 Å². The predicted molar refractivity (Wildman–Crippen MR) is 107 cm³/mol. The number of furan rings is 1. The molecule has 1 fully saturated rings. The maximum absolute atomic E-state index is 12.9. The predicted octanol–water partition coefficient (Wildman–Crippen LogP) is 3.85. The van der Waals surface area contributed by atoms with Crippen LogP contribution >= 0.6 is 11.8 Å². The lowest BCUT2D eigenvalue weighted by molar-refractivity contribution is 0.0665. The maximum Gasteiger partial charge on any atom is 0.289 e. The van der Waals surface area contributed by atoms with Crippen molar-refractivity contribution in [2.75, 3.05) is 13.1 Å². The van der Waals surface area contributed by atoms with E-state index in [4.69, 9.17) is 8.83 Å². The fraction of sp³-hybridized carbons (Fsp3) is 0.300. The third-order valence-electron chi connectivity index (χ3n) is 4.98. The quantitative estimate of drug-likeness (QED) is 0.500. The Labute approximate surface area is 170 Å². The van der Waals surface area contributed by atoms with Crippen molar-refractivity contribution < 1.29 is 13.6 Å². The summed E-state index contributed by atoms with van der Waals surface area (Å²) >= 11 is 1.47. The van der Waals surface area contributed by atoms with Gasteiger partial charge in [-0.05, 0) is 37.1 Å². The van der Waals surface area contributed by atoms with Crippen LogP contribution in [0.2, 0.25) is 0 Å². The molecule has 1 aliphatic rings. The van der Waals surface area contributed by atoms with E-state index in [1.165, 1.54) is 18.1 Å². The van der Waals surface area contributed by atoms with Crippen LogP contribution in [0.3, 0.4) is 0 Å². The average molecular weight is 409 g/mol. The van der Waals surface area contributed by atoms with E-state index >= 15 is 0 Å². The molecule has 1 unspecified atom stereocenters. The van der Waals surface area contributed by atoms with Crippen molar-refractivity contribution in [1.29, 1.82) is 0 Å². The lowest BCUT2D eigenvalue weighted by atomic mass is 9.98. The maximum atomic E-state index is 12.9. The molecular weight excluding hydrogens is 390 g/mol. The monoisotopic (exact) mass is 409 g/mol. The zero-order valence-corrected chi connectivity index (χ0v) is 16.4. The van der Waals surface area contributed by atoms with Gasteiger partial charge in [0.1, 0.15) is 17.6 Å². The van der Waals surface area contributed by atoms with Gasteiger partial charge in [-0.15, -0.1) is 0 Å². The number of oxazole rings is 1. The summed E-state index contributed by atoms with van der Waals surface area (Å²) in [6.45, 7) is 1.28. The van der Waals surface area contributed by atoms with Crippen LogP contribution in [0.1, 0.15) is 41.0 Å². The lowest BCUT2D eigenvalue weighted by Gasteiger charge is -2.30. The molecule has 0 spiro atoms. The zero-order valence-electron chi connectivity index (χ0n) is 15.6. The second kappa shape index (κ2) is 7.75. The molecule has 9 heteroatoms. The van der Waals surface area contributed by atoms with Gasteiger partial charge >= 0.3 is 0 Å². The number of nitrogens with one attached hydrogen (secondary N) is 1. The number of carbonyl (C=O) groups excluding carboxylic acids is 1. The molecule has 1 saturated heterocycles. The van der Waals surface area contributed by atoms with Crippen LogP contribution in [0.15, 0.2) is 56.7 Å². The Bertz CT molecular complexity index is 1090. The number of benzene rings is 1. The van der Waals surface area contributed by atoms with Gasteiger partial charge in [-0.3, -0.25) is 9.89 Å². The molecule has 1 aromatic carbocycles. The molecule has 0 aliphatic carbocycles. The van der Waals surface area contributed by atoms with Crippen LogP contribution < -0.4 is 0 Å². The van der Waals surface area contributed by atoms with E-state index in [0.29, 0.717) is 35.6 Å². The molecule has 1 aliphatic heterocycles. The highest BCUT2D eigenvalue weighted by molar-refractivity contribution is 7.98. The Morgan fingerprint density at radius 3 is 3.03 bits per heavy atom. The van der Waals surface area contributed by atoms with E-state index in [1.807, 2.05) is 35.2 Å². The van der Waals surface area contributed by atoms with E-state index in [-0.39, 0.29) is 11.8 Å². The molecule has 3 aromatic heterocycles. The van der Waals surface area contributed by atoms with Crippen molar-refractivity contribution in [1.82, 2.24) is 25.1 Å². The number of piperidine rings is 1. The second-order valence-corrected chi connectivity index (χ2v) is 7.92. The normalized spacial score (nSPS) is 17.1. The van der Waals surface area contributed by atoms with Crippen molar-refractivity contribution in [2.24, 2.45) is 0 Å². The number of rotatable bonds is 5. The van der Waals surface area contributed by atoms with Crippen molar-refractivity contribution >= 4 is 28.8 Å². The van der Waals surface area contributed by atoms with Crippen molar-refractivity contribution in [3.05, 3.63) is 60.1 Å². The van der Waals surface area contributed by atoms with E-state index in [1.54, 1.807) is 6.07 Å². The number of hydrogen-bond acceptors (Lipinski definition) is 7. The van der Waals surface area contributed by atoms with Gasteiger partial charge in [-0.25, -0.2) is 9.97 Å². The first kappa shape index (κ1) is 18.0. The molecule has 29 heavy (non-hydrogen) atoms. The Kier molecular flexibility index (Phi) is 4.81. The zero-order chi connectivity index (χ0) is 19.6. The topological polar surface area (TPSA) is 101 Å². The number of para-hydroxylation sites is 2. The lowest BCUT2D eigenvalue weighted by Crippen LogP contribution is -2.39. The number of likely N-dealkylation sites (tertiary alicyclic amines) is 1. The van der Waals surface area contributed by atoms with Gasteiger partial charge in [0.15, 0.2) is 22.4 Å².